The lowest BCUT2D eigenvalue weighted by atomic mass is 10.0. The topological polar surface area (TPSA) is 50.4 Å². The molecular weight excluding hydrogens is 326 g/mol. The number of urea groups is 1. The molecular formula is C19H20F2N2O2. The highest BCUT2D eigenvalue weighted by Crippen LogP contribution is 2.36. The van der Waals surface area contributed by atoms with Gasteiger partial charge in [-0.1, -0.05) is 18.2 Å². The van der Waals surface area contributed by atoms with Gasteiger partial charge in [-0.2, -0.15) is 0 Å². The summed E-state index contributed by atoms with van der Waals surface area (Å²) in [5, 5.41) is 5.60. The average Bonchev–Trinajstić information content (AvgIpc) is 2.96. The number of rotatable bonds is 3. The second-order valence-corrected chi connectivity index (χ2v) is 6.30. The first-order valence-electron chi connectivity index (χ1n) is 8.11. The van der Waals surface area contributed by atoms with Crippen molar-refractivity contribution in [2.45, 2.75) is 32.9 Å². The fourth-order valence-electron chi connectivity index (χ4n) is 2.91. The van der Waals surface area contributed by atoms with Crippen molar-refractivity contribution >= 4 is 6.03 Å². The molecule has 2 aromatic carbocycles. The Morgan fingerprint density at radius 1 is 1.20 bits per heavy atom. The molecule has 2 amide bonds. The highest BCUT2D eigenvalue weighted by Gasteiger charge is 2.27. The van der Waals surface area contributed by atoms with Crippen molar-refractivity contribution in [1.29, 1.82) is 0 Å². The Morgan fingerprint density at radius 3 is 2.68 bits per heavy atom. The monoisotopic (exact) mass is 346 g/mol. The Hall–Kier alpha value is -2.63. The molecule has 0 saturated carbocycles. The number of hydrogen-bond acceptors (Lipinski definition) is 2. The summed E-state index contributed by atoms with van der Waals surface area (Å²) in [7, 11) is 0. The Bertz CT molecular complexity index is 823. The Labute approximate surface area is 145 Å². The summed E-state index contributed by atoms with van der Waals surface area (Å²) in [6, 6.07) is 6.44. The molecule has 2 N–H and O–H groups in total. The molecule has 0 radical (unpaired) electrons. The molecule has 6 heteroatoms. The summed E-state index contributed by atoms with van der Waals surface area (Å²) in [5.74, 6) is -1.03. The van der Waals surface area contributed by atoms with Crippen molar-refractivity contribution in [2.24, 2.45) is 0 Å². The summed E-state index contributed by atoms with van der Waals surface area (Å²) in [6.45, 7) is 6.07. The molecule has 0 bridgehead atoms. The number of carbonyl (C=O) groups excluding carboxylic acids is 1. The number of carbonyl (C=O) groups is 1. The van der Waals surface area contributed by atoms with Crippen LogP contribution >= 0.6 is 0 Å². The number of fused-ring (bicyclic) bond motifs is 1. The van der Waals surface area contributed by atoms with E-state index in [9.17, 15) is 13.6 Å². The van der Waals surface area contributed by atoms with Crippen molar-refractivity contribution in [3.63, 3.8) is 0 Å². The average molecular weight is 346 g/mol. The second kappa shape index (κ2) is 6.70. The second-order valence-electron chi connectivity index (χ2n) is 6.30. The largest absolute Gasteiger partial charge is 0.490 e. The number of hydrogen-bond donors (Lipinski definition) is 2. The molecule has 0 saturated heterocycles. The molecule has 3 rings (SSSR count). The van der Waals surface area contributed by atoms with Crippen molar-refractivity contribution in [3.05, 3.63) is 64.2 Å². The number of halogens is 2. The highest BCUT2D eigenvalue weighted by atomic mass is 19.2. The molecule has 0 spiro atoms. The molecule has 0 aliphatic carbocycles. The first kappa shape index (κ1) is 17.2. The number of ether oxygens (including phenoxy) is 1. The molecule has 1 aliphatic heterocycles. The van der Waals surface area contributed by atoms with Gasteiger partial charge in [0.15, 0.2) is 11.6 Å². The molecule has 25 heavy (non-hydrogen) atoms. The molecule has 1 aliphatic rings. The van der Waals surface area contributed by atoms with E-state index in [0.717, 1.165) is 34.6 Å². The Balaban J connectivity index is 1.66. The van der Waals surface area contributed by atoms with Crippen LogP contribution in [0.2, 0.25) is 0 Å². The third-order valence-electron chi connectivity index (χ3n) is 4.57. The molecule has 1 heterocycles. The van der Waals surface area contributed by atoms with Gasteiger partial charge in [0.1, 0.15) is 12.4 Å². The van der Waals surface area contributed by atoms with E-state index in [-0.39, 0.29) is 6.04 Å². The van der Waals surface area contributed by atoms with Gasteiger partial charge in [0, 0.05) is 5.56 Å². The van der Waals surface area contributed by atoms with Crippen LogP contribution in [0.1, 0.15) is 41.3 Å². The van der Waals surface area contributed by atoms with Gasteiger partial charge in [0.05, 0.1) is 12.1 Å². The fraction of sp³-hybridized carbons (Fsp3) is 0.316. The standard InChI is InChI=1S/C19H20F2N2O2/c1-10-4-6-14-17(9-25-18(14)11(10)2)23-19(24)22-12(3)13-5-7-15(20)16(21)8-13/h4-8,12,17H,9H2,1-3H3,(H2,22,23,24). The van der Waals surface area contributed by atoms with Crippen LogP contribution in [0.4, 0.5) is 13.6 Å². The van der Waals surface area contributed by atoms with E-state index in [1.54, 1.807) is 6.92 Å². The summed E-state index contributed by atoms with van der Waals surface area (Å²) >= 11 is 0. The van der Waals surface area contributed by atoms with Crippen LogP contribution in [0.5, 0.6) is 5.75 Å². The molecule has 4 nitrogen and oxygen atoms in total. The van der Waals surface area contributed by atoms with Crippen molar-refractivity contribution in [3.8, 4) is 5.75 Å². The minimum Gasteiger partial charge on any atom is -0.490 e. The summed E-state index contributed by atoms with van der Waals surface area (Å²) < 4.78 is 32.0. The van der Waals surface area contributed by atoms with Crippen molar-refractivity contribution in [1.82, 2.24) is 10.6 Å². The quantitative estimate of drug-likeness (QED) is 0.880. The van der Waals surface area contributed by atoms with Crippen LogP contribution in [0.25, 0.3) is 0 Å². The smallest absolute Gasteiger partial charge is 0.315 e. The molecule has 2 unspecified atom stereocenters. The molecule has 2 atom stereocenters. The zero-order valence-corrected chi connectivity index (χ0v) is 14.3. The van der Waals surface area contributed by atoms with Gasteiger partial charge in [-0.05, 0) is 49.6 Å². The maximum absolute atomic E-state index is 13.3. The molecule has 0 aromatic heterocycles. The molecule has 132 valence electrons. The van der Waals surface area contributed by atoms with Crippen molar-refractivity contribution in [2.75, 3.05) is 6.61 Å². The first-order valence-corrected chi connectivity index (χ1v) is 8.11. The Kier molecular flexibility index (Phi) is 4.61. The summed E-state index contributed by atoms with van der Waals surface area (Å²) in [6.07, 6.45) is 0. The first-order chi connectivity index (χ1) is 11.9. The zero-order valence-electron chi connectivity index (χ0n) is 14.3. The zero-order chi connectivity index (χ0) is 18.1. The van der Waals surface area contributed by atoms with Crippen LogP contribution in [0.3, 0.4) is 0 Å². The van der Waals surface area contributed by atoms with E-state index >= 15 is 0 Å². The minimum atomic E-state index is -0.935. The lowest BCUT2D eigenvalue weighted by molar-refractivity contribution is 0.229. The maximum Gasteiger partial charge on any atom is 0.315 e. The molecule has 0 fully saturated rings. The van der Waals surface area contributed by atoms with Crippen LogP contribution in [0, 0.1) is 25.5 Å². The van der Waals surface area contributed by atoms with Gasteiger partial charge in [-0.25, -0.2) is 13.6 Å². The summed E-state index contributed by atoms with van der Waals surface area (Å²) in [5.41, 5.74) is 3.63. The predicted octanol–water partition coefficient (Wildman–Crippen LogP) is 4.08. The Morgan fingerprint density at radius 2 is 1.96 bits per heavy atom. The van der Waals surface area contributed by atoms with E-state index in [1.165, 1.54) is 6.07 Å². The van der Waals surface area contributed by atoms with Gasteiger partial charge >= 0.3 is 6.03 Å². The van der Waals surface area contributed by atoms with Gasteiger partial charge in [-0.3, -0.25) is 0 Å². The van der Waals surface area contributed by atoms with E-state index in [4.69, 9.17) is 4.74 Å². The normalized spacial score (nSPS) is 16.8. The van der Waals surface area contributed by atoms with Crippen LogP contribution in [0.15, 0.2) is 30.3 Å². The number of aryl methyl sites for hydroxylation is 1. The van der Waals surface area contributed by atoms with Crippen LogP contribution < -0.4 is 15.4 Å². The fourth-order valence-corrected chi connectivity index (χ4v) is 2.91. The van der Waals surface area contributed by atoms with Gasteiger partial charge in [-0.15, -0.1) is 0 Å². The number of nitrogens with one attached hydrogen (secondary N) is 2. The lowest BCUT2D eigenvalue weighted by Crippen LogP contribution is -2.39. The van der Waals surface area contributed by atoms with Gasteiger partial charge in [0.2, 0.25) is 0 Å². The highest BCUT2D eigenvalue weighted by molar-refractivity contribution is 5.75. The third kappa shape index (κ3) is 3.43. The van der Waals surface area contributed by atoms with Gasteiger partial charge < -0.3 is 15.4 Å². The SMILES string of the molecule is Cc1ccc2c(c1C)OCC2NC(=O)NC(C)c1ccc(F)c(F)c1. The predicted molar refractivity (Wildman–Crippen MR) is 90.6 cm³/mol. The molecule has 2 aromatic rings. The van der Waals surface area contributed by atoms with Crippen LogP contribution in [-0.4, -0.2) is 12.6 Å². The van der Waals surface area contributed by atoms with Crippen molar-refractivity contribution < 1.29 is 18.3 Å². The third-order valence-corrected chi connectivity index (χ3v) is 4.57. The van der Waals surface area contributed by atoms with Crippen LogP contribution in [-0.2, 0) is 0 Å². The van der Waals surface area contributed by atoms with E-state index in [2.05, 4.69) is 10.6 Å². The number of amides is 2. The lowest BCUT2D eigenvalue weighted by Gasteiger charge is -2.18. The van der Waals surface area contributed by atoms with E-state index in [0.29, 0.717) is 12.2 Å². The minimum absolute atomic E-state index is 0.244. The summed E-state index contributed by atoms with van der Waals surface area (Å²) in [4.78, 5) is 12.3. The van der Waals surface area contributed by atoms with E-state index < -0.39 is 23.7 Å². The van der Waals surface area contributed by atoms with Gasteiger partial charge in [0.25, 0.3) is 0 Å². The maximum atomic E-state index is 13.3. The van der Waals surface area contributed by atoms with E-state index in [1.807, 2.05) is 26.0 Å². The number of benzene rings is 2.